The Labute approximate surface area is 86.3 Å². The van der Waals surface area contributed by atoms with E-state index in [0.29, 0.717) is 11.5 Å². The van der Waals surface area contributed by atoms with Crippen molar-refractivity contribution in [1.82, 2.24) is 9.38 Å². The summed E-state index contributed by atoms with van der Waals surface area (Å²) < 4.78 is 11.4. The SMILES string of the molecule is COC(=O)c1cn2c(OC)cccc2n1. The van der Waals surface area contributed by atoms with Gasteiger partial charge >= 0.3 is 5.97 Å². The molecular weight excluding hydrogens is 196 g/mol. The van der Waals surface area contributed by atoms with Gasteiger partial charge in [-0.3, -0.25) is 4.40 Å². The van der Waals surface area contributed by atoms with E-state index >= 15 is 0 Å². The van der Waals surface area contributed by atoms with E-state index < -0.39 is 5.97 Å². The van der Waals surface area contributed by atoms with Gasteiger partial charge in [-0.05, 0) is 12.1 Å². The van der Waals surface area contributed by atoms with Crippen LogP contribution in [0.5, 0.6) is 5.88 Å². The Morgan fingerprint density at radius 2 is 2.20 bits per heavy atom. The molecule has 2 aromatic heterocycles. The van der Waals surface area contributed by atoms with E-state index in [9.17, 15) is 4.79 Å². The molecule has 0 aliphatic rings. The van der Waals surface area contributed by atoms with Crippen molar-refractivity contribution in [3.8, 4) is 5.88 Å². The Kier molecular flexibility index (Phi) is 2.29. The maximum Gasteiger partial charge on any atom is 0.358 e. The summed E-state index contributed by atoms with van der Waals surface area (Å²) in [6.45, 7) is 0. The third-order valence-corrected chi connectivity index (χ3v) is 2.06. The van der Waals surface area contributed by atoms with E-state index in [2.05, 4.69) is 9.72 Å². The van der Waals surface area contributed by atoms with Gasteiger partial charge < -0.3 is 9.47 Å². The zero-order chi connectivity index (χ0) is 10.8. The van der Waals surface area contributed by atoms with Gasteiger partial charge in [0.25, 0.3) is 0 Å². The molecule has 0 bridgehead atoms. The second-order valence-corrected chi connectivity index (χ2v) is 2.91. The van der Waals surface area contributed by atoms with Gasteiger partial charge in [0.2, 0.25) is 0 Å². The number of aromatic nitrogens is 2. The van der Waals surface area contributed by atoms with Crippen LogP contribution in [0.4, 0.5) is 0 Å². The van der Waals surface area contributed by atoms with Crippen molar-refractivity contribution >= 4 is 11.6 Å². The lowest BCUT2D eigenvalue weighted by Crippen LogP contribution is -2.00. The van der Waals surface area contributed by atoms with E-state index in [1.54, 1.807) is 29.8 Å². The molecule has 2 aromatic rings. The molecule has 0 N–H and O–H groups in total. The highest BCUT2D eigenvalue weighted by molar-refractivity contribution is 5.87. The average Bonchev–Trinajstić information content (AvgIpc) is 2.71. The average molecular weight is 206 g/mol. The summed E-state index contributed by atoms with van der Waals surface area (Å²) in [5.74, 6) is 0.163. The number of hydrogen-bond donors (Lipinski definition) is 0. The van der Waals surface area contributed by atoms with Gasteiger partial charge in [-0.25, -0.2) is 9.78 Å². The molecule has 5 heteroatoms. The number of fused-ring (bicyclic) bond motifs is 1. The number of methoxy groups -OCH3 is 2. The van der Waals surface area contributed by atoms with Crippen LogP contribution in [0.25, 0.3) is 5.65 Å². The lowest BCUT2D eigenvalue weighted by atomic mass is 10.4. The van der Waals surface area contributed by atoms with E-state index in [-0.39, 0.29) is 5.69 Å². The minimum Gasteiger partial charge on any atom is -0.482 e. The molecule has 0 fully saturated rings. The first-order valence-corrected chi connectivity index (χ1v) is 4.36. The first-order valence-electron chi connectivity index (χ1n) is 4.36. The van der Waals surface area contributed by atoms with Crippen molar-refractivity contribution < 1.29 is 14.3 Å². The van der Waals surface area contributed by atoms with Gasteiger partial charge in [-0.1, -0.05) is 6.07 Å². The number of ether oxygens (including phenoxy) is 2. The molecule has 0 saturated heterocycles. The highest BCUT2D eigenvalue weighted by Gasteiger charge is 2.11. The topological polar surface area (TPSA) is 52.8 Å². The van der Waals surface area contributed by atoms with Crippen LogP contribution < -0.4 is 4.74 Å². The third-order valence-electron chi connectivity index (χ3n) is 2.06. The summed E-state index contributed by atoms with van der Waals surface area (Å²) in [5.41, 5.74) is 0.914. The van der Waals surface area contributed by atoms with Gasteiger partial charge in [0.05, 0.1) is 14.2 Å². The van der Waals surface area contributed by atoms with Crippen LogP contribution in [-0.2, 0) is 4.74 Å². The van der Waals surface area contributed by atoms with Gasteiger partial charge in [0.15, 0.2) is 11.6 Å². The number of nitrogens with zero attached hydrogens (tertiary/aromatic N) is 2. The number of hydrogen-bond acceptors (Lipinski definition) is 4. The lowest BCUT2D eigenvalue weighted by molar-refractivity contribution is 0.0595. The van der Waals surface area contributed by atoms with Crippen LogP contribution in [0.15, 0.2) is 24.4 Å². The minimum atomic E-state index is -0.458. The van der Waals surface area contributed by atoms with E-state index in [4.69, 9.17) is 4.74 Å². The number of esters is 1. The molecule has 0 aliphatic heterocycles. The summed E-state index contributed by atoms with van der Waals surface area (Å²) in [6, 6.07) is 5.38. The van der Waals surface area contributed by atoms with Crippen molar-refractivity contribution in [2.45, 2.75) is 0 Å². The Bertz CT molecular complexity index is 504. The van der Waals surface area contributed by atoms with E-state index in [1.807, 2.05) is 6.07 Å². The molecule has 15 heavy (non-hydrogen) atoms. The molecule has 0 saturated carbocycles. The number of imidazole rings is 1. The van der Waals surface area contributed by atoms with Crippen molar-refractivity contribution in [2.24, 2.45) is 0 Å². The van der Waals surface area contributed by atoms with E-state index in [0.717, 1.165) is 0 Å². The van der Waals surface area contributed by atoms with Crippen molar-refractivity contribution in [3.05, 3.63) is 30.1 Å². The fraction of sp³-hybridized carbons (Fsp3) is 0.200. The second kappa shape index (κ2) is 3.61. The summed E-state index contributed by atoms with van der Waals surface area (Å²) in [4.78, 5) is 15.3. The van der Waals surface area contributed by atoms with Crippen LogP contribution in [0.2, 0.25) is 0 Å². The first-order chi connectivity index (χ1) is 7.26. The fourth-order valence-electron chi connectivity index (χ4n) is 1.35. The second-order valence-electron chi connectivity index (χ2n) is 2.91. The largest absolute Gasteiger partial charge is 0.482 e. The van der Waals surface area contributed by atoms with Gasteiger partial charge in [-0.2, -0.15) is 0 Å². The van der Waals surface area contributed by atoms with Crippen LogP contribution in [0, 0.1) is 0 Å². The Morgan fingerprint density at radius 3 is 2.87 bits per heavy atom. The zero-order valence-corrected chi connectivity index (χ0v) is 8.43. The number of rotatable bonds is 2. The Balaban J connectivity index is 2.60. The molecule has 0 radical (unpaired) electrons. The Hall–Kier alpha value is -2.04. The normalized spacial score (nSPS) is 10.3. The highest BCUT2D eigenvalue weighted by Crippen LogP contribution is 2.15. The van der Waals surface area contributed by atoms with Gasteiger partial charge in [-0.15, -0.1) is 0 Å². The molecule has 0 unspecified atom stereocenters. The third kappa shape index (κ3) is 1.52. The summed E-state index contributed by atoms with van der Waals surface area (Å²) in [7, 11) is 2.89. The predicted molar refractivity (Wildman–Crippen MR) is 53.1 cm³/mol. The van der Waals surface area contributed by atoms with Gasteiger partial charge in [0.1, 0.15) is 5.65 Å². The monoisotopic (exact) mass is 206 g/mol. The minimum absolute atomic E-state index is 0.266. The molecule has 0 spiro atoms. The molecule has 0 amide bonds. The standard InChI is InChI=1S/C10H10N2O3/c1-14-9-5-3-4-8-11-7(6-12(8)9)10(13)15-2/h3-6H,1-2H3. The van der Waals surface area contributed by atoms with Crippen LogP contribution in [0.1, 0.15) is 10.5 Å². The first kappa shape index (κ1) is 9.51. The molecular formula is C10H10N2O3. The van der Waals surface area contributed by atoms with Gasteiger partial charge in [0, 0.05) is 6.20 Å². The molecule has 0 atom stereocenters. The summed E-state index contributed by atoms with van der Waals surface area (Å²) >= 11 is 0. The molecule has 2 heterocycles. The zero-order valence-electron chi connectivity index (χ0n) is 8.43. The predicted octanol–water partition coefficient (Wildman–Crippen LogP) is 1.13. The van der Waals surface area contributed by atoms with Crippen LogP contribution >= 0.6 is 0 Å². The van der Waals surface area contributed by atoms with Crippen molar-refractivity contribution in [1.29, 1.82) is 0 Å². The van der Waals surface area contributed by atoms with Crippen molar-refractivity contribution in [2.75, 3.05) is 14.2 Å². The maximum absolute atomic E-state index is 11.2. The number of carbonyl (C=O) groups is 1. The molecule has 78 valence electrons. The molecule has 0 aromatic carbocycles. The lowest BCUT2D eigenvalue weighted by Gasteiger charge is -2.01. The molecule has 0 aliphatic carbocycles. The van der Waals surface area contributed by atoms with Crippen molar-refractivity contribution in [3.63, 3.8) is 0 Å². The smallest absolute Gasteiger partial charge is 0.358 e. The highest BCUT2D eigenvalue weighted by atomic mass is 16.5. The fourth-order valence-corrected chi connectivity index (χ4v) is 1.35. The Morgan fingerprint density at radius 1 is 1.40 bits per heavy atom. The van der Waals surface area contributed by atoms with Crippen LogP contribution in [-0.4, -0.2) is 29.6 Å². The maximum atomic E-state index is 11.2. The summed E-state index contributed by atoms with van der Waals surface area (Å²) in [5, 5.41) is 0. The molecule has 5 nitrogen and oxygen atoms in total. The quantitative estimate of drug-likeness (QED) is 0.691. The van der Waals surface area contributed by atoms with Crippen LogP contribution in [0.3, 0.4) is 0 Å². The molecule has 2 rings (SSSR count). The summed E-state index contributed by atoms with van der Waals surface area (Å²) in [6.07, 6.45) is 1.58. The number of carbonyl (C=O) groups excluding carboxylic acids is 1. The van der Waals surface area contributed by atoms with E-state index in [1.165, 1.54) is 7.11 Å². The number of pyridine rings is 1.